The van der Waals surface area contributed by atoms with Crippen LogP contribution in [0.15, 0.2) is 42.5 Å². The predicted molar refractivity (Wildman–Crippen MR) is 81.0 cm³/mol. The quantitative estimate of drug-likeness (QED) is 0.873. The van der Waals surface area contributed by atoms with E-state index < -0.39 is 0 Å². The highest BCUT2D eigenvalue weighted by Crippen LogP contribution is 2.24. The summed E-state index contributed by atoms with van der Waals surface area (Å²) in [5.74, 6) is -0.376. The largest absolute Gasteiger partial charge is 0.311 e. The molecule has 3 rings (SSSR count). The van der Waals surface area contributed by atoms with Crippen LogP contribution in [0.3, 0.4) is 0 Å². The van der Waals surface area contributed by atoms with Crippen LogP contribution in [0.5, 0.6) is 0 Å². The van der Waals surface area contributed by atoms with E-state index in [4.69, 9.17) is 0 Å². The number of aryl methyl sites for hydroxylation is 1. The van der Waals surface area contributed by atoms with Gasteiger partial charge in [0.2, 0.25) is 0 Å². The second-order valence-corrected chi connectivity index (χ2v) is 5.23. The van der Waals surface area contributed by atoms with Crippen molar-refractivity contribution in [3.8, 4) is 0 Å². The molecule has 0 bridgehead atoms. The number of hydrogen-bond acceptors (Lipinski definition) is 2. The Hall–Kier alpha value is -2.20. The zero-order valence-corrected chi connectivity index (χ0v) is 11.9. The summed E-state index contributed by atoms with van der Waals surface area (Å²) < 4.78 is 13.4. The Morgan fingerprint density at radius 1 is 1.24 bits per heavy atom. The highest BCUT2D eigenvalue weighted by molar-refractivity contribution is 6.06. The molecule has 0 saturated heterocycles. The van der Waals surface area contributed by atoms with Gasteiger partial charge in [-0.25, -0.2) is 4.39 Å². The summed E-state index contributed by atoms with van der Waals surface area (Å²) in [6.45, 7) is 3.76. The number of fused-ring (bicyclic) bond motifs is 1. The van der Waals surface area contributed by atoms with Crippen LogP contribution in [0.4, 0.5) is 10.1 Å². The Kier molecular flexibility index (Phi) is 3.71. The summed E-state index contributed by atoms with van der Waals surface area (Å²) in [5.41, 5.74) is 3.03. The van der Waals surface area contributed by atoms with E-state index in [1.165, 1.54) is 6.07 Å². The van der Waals surface area contributed by atoms with Gasteiger partial charge in [0.05, 0.1) is 0 Å². The maximum Gasteiger partial charge on any atom is 0.258 e. The van der Waals surface area contributed by atoms with E-state index in [0.717, 1.165) is 24.3 Å². The average molecular weight is 284 g/mol. The first-order valence-electron chi connectivity index (χ1n) is 7.03. The summed E-state index contributed by atoms with van der Waals surface area (Å²) in [6, 6.07) is 12.4. The number of halogens is 1. The van der Waals surface area contributed by atoms with E-state index >= 15 is 0 Å². The van der Waals surface area contributed by atoms with Crippen molar-refractivity contribution >= 4 is 11.6 Å². The van der Waals surface area contributed by atoms with Gasteiger partial charge in [0.15, 0.2) is 0 Å². The molecular formula is C17H17FN2O. The van der Waals surface area contributed by atoms with Crippen molar-refractivity contribution in [3.63, 3.8) is 0 Å². The summed E-state index contributed by atoms with van der Waals surface area (Å²) in [5, 5.41) is 3.31. The monoisotopic (exact) mass is 284 g/mol. The number of hydrogen-bond donors (Lipinski definition) is 1. The zero-order valence-electron chi connectivity index (χ0n) is 11.9. The molecule has 0 spiro atoms. The topological polar surface area (TPSA) is 32.3 Å². The maximum absolute atomic E-state index is 13.4. The molecule has 0 aromatic heterocycles. The molecule has 3 nitrogen and oxygen atoms in total. The second kappa shape index (κ2) is 5.66. The molecule has 1 N–H and O–H groups in total. The van der Waals surface area contributed by atoms with Gasteiger partial charge in [-0.3, -0.25) is 4.79 Å². The lowest BCUT2D eigenvalue weighted by Gasteiger charge is -2.22. The molecule has 2 aromatic rings. The first-order valence-corrected chi connectivity index (χ1v) is 7.03. The molecule has 1 heterocycles. The standard InChI is InChI=1S/C17H17FN2O/c1-12-10-13(6-7-15(12)18)17(21)20-9-8-19-11-14-4-2-3-5-16(14)20/h2-7,10,19H,8-9,11H2,1H3. The van der Waals surface area contributed by atoms with Crippen molar-refractivity contribution in [2.75, 3.05) is 18.0 Å². The van der Waals surface area contributed by atoms with Crippen LogP contribution < -0.4 is 10.2 Å². The Balaban J connectivity index is 1.99. The van der Waals surface area contributed by atoms with E-state index in [2.05, 4.69) is 5.32 Å². The lowest BCUT2D eigenvalue weighted by atomic mass is 10.1. The SMILES string of the molecule is Cc1cc(C(=O)N2CCNCc3ccccc32)ccc1F. The third-order valence-corrected chi connectivity index (χ3v) is 3.76. The number of anilines is 1. The third kappa shape index (κ3) is 2.67. The Morgan fingerprint density at radius 3 is 2.86 bits per heavy atom. The first kappa shape index (κ1) is 13.8. The number of nitrogens with zero attached hydrogens (tertiary/aromatic N) is 1. The van der Waals surface area contributed by atoms with Gasteiger partial charge in [-0.05, 0) is 42.3 Å². The molecule has 108 valence electrons. The molecule has 0 unspecified atom stereocenters. The summed E-state index contributed by atoms with van der Waals surface area (Å²) in [4.78, 5) is 14.5. The van der Waals surface area contributed by atoms with Crippen molar-refractivity contribution in [3.05, 3.63) is 65.0 Å². The Morgan fingerprint density at radius 2 is 2.05 bits per heavy atom. The molecule has 0 aliphatic carbocycles. The number of nitrogens with one attached hydrogen (secondary N) is 1. The van der Waals surface area contributed by atoms with Crippen LogP contribution in [-0.4, -0.2) is 19.0 Å². The van der Waals surface area contributed by atoms with Gasteiger partial charge in [0.25, 0.3) is 5.91 Å². The molecule has 1 aliphatic heterocycles. The molecule has 0 atom stereocenters. The molecule has 1 aliphatic rings. The van der Waals surface area contributed by atoms with Gasteiger partial charge in [-0.1, -0.05) is 18.2 Å². The number of amides is 1. The van der Waals surface area contributed by atoms with Crippen molar-refractivity contribution in [1.29, 1.82) is 0 Å². The Bertz CT molecular complexity index is 684. The van der Waals surface area contributed by atoms with Gasteiger partial charge in [0.1, 0.15) is 5.82 Å². The van der Waals surface area contributed by atoms with Crippen molar-refractivity contribution in [2.45, 2.75) is 13.5 Å². The van der Waals surface area contributed by atoms with Crippen LogP contribution in [0.2, 0.25) is 0 Å². The molecule has 4 heteroatoms. The number of benzene rings is 2. The molecular weight excluding hydrogens is 267 g/mol. The average Bonchev–Trinajstić information content (AvgIpc) is 2.71. The number of carbonyl (C=O) groups excluding carboxylic acids is 1. The lowest BCUT2D eigenvalue weighted by molar-refractivity contribution is 0.0987. The van der Waals surface area contributed by atoms with E-state index in [-0.39, 0.29) is 11.7 Å². The van der Waals surface area contributed by atoms with Crippen LogP contribution >= 0.6 is 0 Å². The van der Waals surface area contributed by atoms with Gasteiger partial charge in [0, 0.05) is 30.9 Å². The lowest BCUT2D eigenvalue weighted by Crippen LogP contribution is -2.34. The maximum atomic E-state index is 13.4. The molecule has 21 heavy (non-hydrogen) atoms. The predicted octanol–water partition coefficient (Wildman–Crippen LogP) is 2.88. The minimum Gasteiger partial charge on any atom is -0.311 e. The van der Waals surface area contributed by atoms with Crippen molar-refractivity contribution in [1.82, 2.24) is 5.32 Å². The minimum atomic E-state index is -0.288. The fourth-order valence-corrected chi connectivity index (χ4v) is 2.60. The molecule has 0 radical (unpaired) electrons. The summed E-state index contributed by atoms with van der Waals surface area (Å²) >= 11 is 0. The fourth-order valence-electron chi connectivity index (χ4n) is 2.60. The van der Waals surface area contributed by atoms with E-state index in [9.17, 15) is 9.18 Å². The number of carbonyl (C=O) groups is 1. The first-order chi connectivity index (χ1) is 10.2. The summed E-state index contributed by atoms with van der Waals surface area (Å²) in [7, 11) is 0. The smallest absolute Gasteiger partial charge is 0.258 e. The van der Waals surface area contributed by atoms with E-state index in [0.29, 0.717) is 17.7 Å². The summed E-state index contributed by atoms with van der Waals surface area (Å²) in [6.07, 6.45) is 0. The van der Waals surface area contributed by atoms with Crippen molar-refractivity contribution < 1.29 is 9.18 Å². The van der Waals surface area contributed by atoms with Crippen LogP contribution in [-0.2, 0) is 6.54 Å². The second-order valence-electron chi connectivity index (χ2n) is 5.23. The highest BCUT2D eigenvalue weighted by atomic mass is 19.1. The van der Waals surface area contributed by atoms with Crippen LogP contribution in [0, 0.1) is 12.7 Å². The molecule has 0 fully saturated rings. The minimum absolute atomic E-state index is 0.0887. The zero-order chi connectivity index (χ0) is 14.8. The highest BCUT2D eigenvalue weighted by Gasteiger charge is 2.22. The van der Waals surface area contributed by atoms with E-state index in [1.54, 1.807) is 24.0 Å². The van der Waals surface area contributed by atoms with Gasteiger partial charge in [-0.15, -0.1) is 0 Å². The molecule has 1 amide bonds. The number of rotatable bonds is 1. The van der Waals surface area contributed by atoms with Gasteiger partial charge in [-0.2, -0.15) is 0 Å². The Labute approximate surface area is 123 Å². The third-order valence-electron chi connectivity index (χ3n) is 3.76. The van der Waals surface area contributed by atoms with E-state index in [1.807, 2.05) is 24.3 Å². The van der Waals surface area contributed by atoms with Crippen molar-refractivity contribution in [2.24, 2.45) is 0 Å². The van der Waals surface area contributed by atoms with Gasteiger partial charge >= 0.3 is 0 Å². The fraction of sp³-hybridized carbons (Fsp3) is 0.235. The normalized spacial score (nSPS) is 14.5. The van der Waals surface area contributed by atoms with Gasteiger partial charge < -0.3 is 10.2 Å². The number of para-hydroxylation sites is 1. The van der Waals surface area contributed by atoms with Crippen LogP contribution in [0.1, 0.15) is 21.5 Å². The molecule has 2 aromatic carbocycles. The molecule has 0 saturated carbocycles. The van der Waals surface area contributed by atoms with Crippen LogP contribution in [0.25, 0.3) is 0 Å².